The Morgan fingerprint density at radius 2 is 2.04 bits per heavy atom. The second-order valence-corrected chi connectivity index (χ2v) is 6.26. The van der Waals surface area contributed by atoms with Crippen LogP contribution in [-0.2, 0) is 11.3 Å². The molecule has 1 aromatic carbocycles. The van der Waals surface area contributed by atoms with Gasteiger partial charge in [-0.3, -0.25) is 24.9 Å². The van der Waals surface area contributed by atoms with Gasteiger partial charge in [-0.25, -0.2) is 0 Å². The molecule has 0 atom stereocenters. The molecule has 25 heavy (non-hydrogen) atoms. The third kappa shape index (κ3) is 3.48. The molecule has 2 aromatic heterocycles. The minimum absolute atomic E-state index is 0.205. The molecule has 0 saturated carbocycles. The molecule has 0 N–H and O–H groups in total. The van der Waals surface area contributed by atoms with Crippen molar-refractivity contribution in [2.45, 2.75) is 13.5 Å². The molecule has 1 amide bonds. The maximum absolute atomic E-state index is 12.1. The summed E-state index contributed by atoms with van der Waals surface area (Å²) in [6.07, 6.45) is 6.03. The summed E-state index contributed by atoms with van der Waals surface area (Å²) in [6, 6.07) is 7.19. The topological polar surface area (TPSA) is 89.2 Å². The number of anilines is 1. The predicted octanol–water partition coefficient (Wildman–Crippen LogP) is 3.85. The van der Waals surface area contributed by atoms with Gasteiger partial charge in [0.1, 0.15) is 11.9 Å². The number of hydrogen-bond acceptors (Lipinski definition) is 5. The van der Waals surface area contributed by atoms with E-state index in [1.807, 2.05) is 18.2 Å². The molecule has 0 bridgehead atoms. The molecule has 7 nitrogen and oxygen atoms in total. The molecule has 0 fully saturated rings. The lowest BCUT2D eigenvalue weighted by Crippen LogP contribution is -2.28. The lowest BCUT2D eigenvalue weighted by Gasteiger charge is -2.21. The van der Waals surface area contributed by atoms with E-state index in [0.29, 0.717) is 0 Å². The number of amides is 1. The van der Waals surface area contributed by atoms with Crippen LogP contribution in [0.3, 0.4) is 0 Å². The summed E-state index contributed by atoms with van der Waals surface area (Å²) in [5.41, 5.74) is 0.867. The fraction of sp³-hybridized carbons (Fsp3) is 0.118. The van der Waals surface area contributed by atoms with Crippen LogP contribution >= 0.6 is 15.9 Å². The van der Waals surface area contributed by atoms with E-state index in [-0.39, 0.29) is 23.8 Å². The third-order valence-corrected chi connectivity index (χ3v) is 4.39. The molecule has 0 spiro atoms. The fourth-order valence-electron chi connectivity index (χ4n) is 2.57. The number of hydrogen-bond donors (Lipinski definition) is 0. The fourth-order valence-corrected chi connectivity index (χ4v) is 3.03. The van der Waals surface area contributed by atoms with Crippen molar-refractivity contribution in [1.29, 1.82) is 0 Å². The average Bonchev–Trinajstić information content (AvgIpc) is 2.60. The number of fused-ring (bicyclic) bond motifs is 1. The lowest BCUT2D eigenvalue weighted by atomic mass is 10.1. The minimum atomic E-state index is -0.541. The summed E-state index contributed by atoms with van der Waals surface area (Å²) in [4.78, 5) is 32.1. The number of carbonyl (C=O) groups excluding carboxylic acids is 1. The van der Waals surface area contributed by atoms with E-state index in [1.54, 1.807) is 12.4 Å². The maximum atomic E-state index is 12.1. The van der Waals surface area contributed by atoms with Gasteiger partial charge in [0.25, 0.3) is 0 Å². The molecule has 126 valence electrons. The van der Waals surface area contributed by atoms with Crippen molar-refractivity contribution in [2.75, 3.05) is 4.90 Å². The number of carbonyl (C=O) groups is 1. The Hall–Kier alpha value is -2.87. The lowest BCUT2D eigenvalue weighted by molar-refractivity contribution is -0.384. The molecule has 0 aliphatic heterocycles. The SMILES string of the molecule is CC(=O)N(Cc1ccc2cncc(Br)c2c1)c1ccncc1[N+](=O)[O-]. The smallest absolute Gasteiger partial charge is 0.302 e. The van der Waals surface area contributed by atoms with Crippen LogP contribution in [0.15, 0.2) is 53.5 Å². The molecular weight excluding hydrogens is 388 g/mol. The van der Waals surface area contributed by atoms with Crippen LogP contribution in [0.4, 0.5) is 11.4 Å². The second kappa shape index (κ2) is 6.94. The standard InChI is InChI=1S/C17H13BrN4O3/c1-11(23)21(16-4-5-19-9-17(16)22(24)25)10-12-2-3-13-7-20-8-15(18)14(13)6-12/h2-9H,10H2,1H3. The van der Waals surface area contributed by atoms with Crippen molar-refractivity contribution in [2.24, 2.45) is 0 Å². The highest BCUT2D eigenvalue weighted by Crippen LogP contribution is 2.29. The van der Waals surface area contributed by atoms with E-state index < -0.39 is 4.92 Å². The second-order valence-electron chi connectivity index (χ2n) is 5.40. The molecule has 0 aliphatic rings. The third-order valence-electron chi connectivity index (χ3n) is 3.76. The van der Waals surface area contributed by atoms with Crippen LogP contribution < -0.4 is 4.90 Å². The van der Waals surface area contributed by atoms with Crippen LogP contribution in [-0.4, -0.2) is 20.8 Å². The molecule has 3 rings (SSSR count). The number of nitrogens with zero attached hydrogens (tertiary/aromatic N) is 4. The van der Waals surface area contributed by atoms with Gasteiger partial charge in [-0.2, -0.15) is 0 Å². The zero-order valence-electron chi connectivity index (χ0n) is 13.2. The van der Waals surface area contributed by atoms with Gasteiger partial charge in [0.05, 0.1) is 11.5 Å². The van der Waals surface area contributed by atoms with E-state index in [2.05, 4.69) is 25.9 Å². The van der Waals surface area contributed by atoms with Crippen molar-refractivity contribution >= 4 is 44.0 Å². The summed E-state index contributed by atoms with van der Waals surface area (Å²) < 4.78 is 0.844. The Morgan fingerprint density at radius 1 is 1.24 bits per heavy atom. The van der Waals surface area contributed by atoms with E-state index in [9.17, 15) is 14.9 Å². The van der Waals surface area contributed by atoms with Gasteiger partial charge in [-0.15, -0.1) is 0 Å². The molecule has 0 unspecified atom stereocenters. The molecule has 3 aromatic rings. The summed E-state index contributed by atoms with van der Waals surface area (Å²) in [7, 11) is 0. The Morgan fingerprint density at radius 3 is 2.76 bits per heavy atom. The van der Waals surface area contributed by atoms with Gasteiger partial charge in [-0.05, 0) is 39.0 Å². The number of aromatic nitrogens is 2. The maximum Gasteiger partial charge on any atom is 0.311 e. The highest BCUT2D eigenvalue weighted by Gasteiger charge is 2.22. The normalized spacial score (nSPS) is 10.6. The summed E-state index contributed by atoms with van der Waals surface area (Å²) in [5.74, 6) is -0.289. The first-order valence-electron chi connectivity index (χ1n) is 7.36. The van der Waals surface area contributed by atoms with Gasteiger partial charge in [0.2, 0.25) is 5.91 Å². The Balaban J connectivity index is 2.03. The number of rotatable bonds is 4. The van der Waals surface area contributed by atoms with E-state index in [1.165, 1.54) is 24.1 Å². The number of pyridine rings is 2. The van der Waals surface area contributed by atoms with Gasteiger partial charge in [-0.1, -0.05) is 12.1 Å². The van der Waals surface area contributed by atoms with Crippen molar-refractivity contribution in [1.82, 2.24) is 9.97 Å². The zero-order valence-corrected chi connectivity index (χ0v) is 14.8. The predicted molar refractivity (Wildman–Crippen MR) is 97.2 cm³/mol. The highest BCUT2D eigenvalue weighted by molar-refractivity contribution is 9.10. The number of halogens is 1. The Kier molecular flexibility index (Phi) is 4.71. The van der Waals surface area contributed by atoms with E-state index >= 15 is 0 Å². The molecule has 0 saturated heterocycles. The largest absolute Gasteiger partial charge is 0.311 e. The van der Waals surface area contributed by atoms with E-state index in [0.717, 1.165) is 27.0 Å². The van der Waals surface area contributed by atoms with Crippen molar-refractivity contribution < 1.29 is 9.72 Å². The van der Waals surface area contributed by atoms with Crippen LogP contribution in [0.2, 0.25) is 0 Å². The first-order chi connectivity index (χ1) is 12.0. The number of benzene rings is 1. The van der Waals surface area contributed by atoms with Gasteiger partial charge in [0.15, 0.2) is 0 Å². The van der Waals surface area contributed by atoms with Crippen LogP contribution in [0, 0.1) is 10.1 Å². The molecular formula is C17H13BrN4O3. The van der Waals surface area contributed by atoms with Crippen molar-refractivity contribution in [3.8, 4) is 0 Å². The van der Waals surface area contributed by atoms with Gasteiger partial charge >= 0.3 is 5.69 Å². The number of nitro groups is 1. The average molecular weight is 401 g/mol. The monoisotopic (exact) mass is 400 g/mol. The Labute approximate surface area is 151 Å². The van der Waals surface area contributed by atoms with Crippen molar-refractivity contribution in [3.63, 3.8) is 0 Å². The van der Waals surface area contributed by atoms with Crippen LogP contribution in [0.5, 0.6) is 0 Å². The first kappa shape index (κ1) is 17.0. The Bertz CT molecular complexity index is 977. The minimum Gasteiger partial charge on any atom is -0.302 e. The summed E-state index contributed by atoms with van der Waals surface area (Å²) in [5, 5.41) is 13.2. The molecule has 2 heterocycles. The molecule has 8 heteroatoms. The zero-order chi connectivity index (χ0) is 18.0. The first-order valence-corrected chi connectivity index (χ1v) is 8.15. The summed E-state index contributed by atoms with van der Waals surface area (Å²) in [6.45, 7) is 1.59. The van der Waals surface area contributed by atoms with Gasteiger partial charge < -0.3 is 4.90 Å². The summed E-state index contributed by atoms with van der Waals surface area (Å²) >= 11 is 3.46. The van der Waals surface area contributed by atoms with E-state index in [4.69, 9.17) is 0 Å². The van der Waals surface area contributed by atoms with Crippen LogP contribution in [0.25, 0.3) is 10.8 Å². The van der Waals surface area contributed by atoms with Crippen molar-refractivity contribution in [3.05, 3.63) is 69.2 Å². The highest BCUT2D eigenvalue weighted by atomic mass is 79.9. The molecule has 0 radical (unpaired) electrons. The van der Waals surface area contributed by atoms with Gasteiger partial charge in [0, 0.05) is 35.4 Å². The molecule has 0 aliphatic carbocycles. The van der Waals surface area contributed by atoms with Crippen LogP contribution in [0.1, 0.15) is 12.5 Å². The quantitative estimate of drug-likeness (QED) is 0.489.